The lowest BCUT2D eigenvalue weighted by molar-refractivity contribution is 0.0697. The number of benzene rings is 1. The van der Waals surface area contributed by atoms with Gasteiger partial charge in [-0.25, -0.2) is 4.79 Å². The number of carbonyl (C=O) groups is 1. The van der Waals surface area contributed by atoms with E-state index in [1.54, 1.807) is 12.1 Å². The zero-order chi connectivity index (χ0) is 13.9. The third-order valence-electron chi connectivity index (χ3n) is 3.73. The predicted octanol–water partition coefficient (Wildman–Crippen LogP) is 3.15. The number of hydrogen-bond acceptors (Lipinski definition) is 3. The number of halogens is 1. The van der Waals surface area contributed by atoms with Gasteiger partial charge in [-0.2, -0.15) is 0 Å². The first-order chi connectivity index (χ1) is 9.06. The number of nitrogens with one attached hydrogen (secondary N) is 1. The Morgan fingerprint density at radius 2 is 2.00 bits per heavy atom. The molecular formula is C14H18ClNO3. The Morgan fingerprint density at radius 1 is 1.32 bits per heavy atom. The van der Waals surface area contributed by atoms with Crippen molar-refractivity contribution in [1.29, 1.82) is 0 Å². The van der Waals surface area contributed by atoms with Crippen LogP contribution in [0.1, 0.15) is 42.5 Å². The smallest absolute Gasteiger partial charge is 0.337 e. The highest BCUT2D eigenvalue weighted by Gasteiger charge is 2.32. The van der Waals surface area contributed by atoms with Crippen molar-refractivity contribution >= 4 is 23.3 Å². The van der Waals surface area contributed by atoms with E-state index in [1.165, 1.54) is 6.07 Å². The third-order valence-corrected chi connectivity index (χ3v) is 3.96. The van der Waals surface area contributed by atoms with Crippen LogP contribution in [0.4, 0.5) is 5.69 Å². The van der Waals surface area contributed by atoms with E-state index < -0.39 is 11.5 Å². The molecule has 1 aromatic carbocycles. The van der Waals surface area contributed by atoms with Gasteiger partial charge in [0, 0.05) is 10.7 Å². The Balaban J connectivity index is 2.28. The molecule has 0 bridgehead atoms. The molecule has 3 N–H and O–H groups in total. The summed E-state index contributed by atoms with van der Waals surface area (Å²) >= 11 is 5.83. The van der Waals surface area contributed by atoms with Crippen molar-refractivity contribution in [3.8, 4) is 0 Å². The van der Waals surface area contributed by atoms with Gasteiger partial charge in [-0.05, 0) is 31.0 Å². The summed E-state index contributed by atoms with van der Waals surface area (Å²) in [5, 5.41) is 22.5. The molecule has 4 nitrogen and oxygen atoms in total. The first kappa shape index (κ1) is 14.2. The van der Waals surface area contributed by atoms with Crippen LogP contribution in [0.15, 0.2) is 18.2 Å². The minimum atomic E-state index is -1.02. The van der Waals surface area contributed by atoms with Crippen molar-refractivity contribution in [1.82, 2.24) is 0 Å². The van der Waals surface area contributed by atoms with E-state index in [1.807, 2.05) is 0 Å². The van der Waals surface area contributed by atoms with Crippen LogP contribution in [0, 0.1) is 0 Å². The summed E-state index contributed by atoms with van der Waals surface area (Å²) in [5.41, 5.74) is 0.259. The Morgan fingerprint density at radius 3 is 2.58 bits per heavy atom. The number of anilines is 1. The van der Waals surface area contributed by atoms with E-state index in [2.05, 4.69) is 5.32 Å². The molecule has 104 valence electrons. The molecule has 1 aliphatic carbocycles. The molecule has 0 saturated heterocycles. The maximum absolute atomic E-state index is 11.2. The maximum atomic E-state index is 11.2. The summed E-state index contributed by atoms with van der Waals surface area (Å²) in [6.07, 6.45) is 4.96. The van der Waals surface area contributed by atoms with Crippen molar-refractivity contribution in [2.24, 2.45) is 0 Å². The molecule has 5 heteroatoms. The fourth-order valence-corrected chi connectivity index (χ4v) is 2.81. The van der Waals surface area contributed by atoms with E-state index in [0.29, 0.717) is 10.7 Å². The number of aliphatic hydroxyl groups excluding tert-OH is 1. The largest absolute Gasteiger partial charge is 0.478 e. The monoisotopic (exact) mass is 283 g/mol. The normalized spacial score (nSPS) is 18.0. The van der Waals surface area contributed by atoms with Crippen LogP contribution in [-0.2, 0) is 0 Å². The standard InChI is InChI=1S/C14H18ClNO3/c15-10-4-5-12(11(8-10)13(18)19)16-14(9-17)6-2-1-3-7-14/h4-5,8,16-17H,1-3,6-7,9H2,(H,18,19). The number of aromatic carboxylic acids is 1. The van der Waals surface area contributed by atoms with E-state index in [4.69, 9.17) is 11.6 Å². The summed E-state index contributed by atoms with van der Waals surface area (Å²) in [6.45, 7) is 0.00862. The first-order valence-corrected chi connectivity index (χ1v) is 6.86. The molecule has 1 aromatic rings. The molecule has 0 aromatic heterocycles. The van der Waals surface area contributed by atoms with Crippen molar-refractivity contribution < 1.29 is 15.0 Å². The first-order valence-electron chi connectivity index (χ1n) is 6.48. The Labute approximate surface area is 117 Å². The number of hydrogen-bond donors (Lipinski definition) is 3. The maximum Gasteiger partial charge on any atom is 0.337 e. The number of carboxylic acids is 1. The Kier molecular flexibility index (Phi) is 4.32. The van der Waals surface area contributed by atoms with Crippen molar-refractivity contribution in [3.05, 3.63) is 28.8 Å². The van der Waals surface area contributed by atoms with Crippen LogP contribution in [0.25, 0.3) is 0 Å². The van der Waals surface area contributed by atoms with Gasteiger partial charge >= 0.3 is 5.97 Å². The van der Waals surface area contributed by atoms with E-state index >= 15 is 0 Å². The van der Waals surface area contributed by atoms with Crippen LogP contribution < -0.4 is 5.32 Å². The molecule has 0 amide bonds. The summed E-state index contributed by atoms with van der Waals surface area (Å²) in [5.74, 6) is -1.02. The second-order valence-electron chi connectivity index (χ2n) is 5.12. The average molecular weight is 284 g/mol. The fourth-order valence-electron chi connectivity index (χ4n) is 2.64. The summed E-state index contributed by atoms with van der Waals surface area (Å²) < 4.78 is 0. The van der Waals surface area contributed by atoms with Crippen LogP contribution in [0.3, 0.4) is 0 Å². The topological polar surface area (TPSA) is 69.6 Å². The van der Waals surface area contributed by atoms with Crippen molar-refractivity contribution in [2.75, 3.05) is 11.9 Å². The zero-order valence-corrected chi connectivity index (χ0v) is 11.4. The molecule has 2 rings (SSSR count). The van der Waals surface area contributed by atoms with Gasteiger partial charge in [-0.1, -0.05) is 30.9 Å². The lowest BCUT2D eigenvalue weighted by Gasteiger charge is -2.37. The highest BCUT2D eigenvalue weighted by atomic mass is 35.5. The summed E-state index contributed by atoms with van der Waals surface area (Å²) in [4.78, 5) is 11.2. The van der Waals surface area contributed by atoms with Gasteiger partial charge in [0.2, 0.25) is 0 Å². The van der Waals surface area contributed by atoms with Crippen molar-refractivity contribution in [3.63, 3.8) is 0 Å². The number of aliphatic hydroxyl groups is 1. The lowest BCUT2D eigenvalue weighted by Crippen LogP contribution is -2.44. The van der Waals surface area contributed by atoms with Gasteiger partial charge < -0.3 is 15.5 Å². The predicted molar refractivity (Wildman–Crippen MR) is 74.9 cm³/mol. The quantitative estimate of drug-likeness (QED) is 0.794. The van der Waals surface area contributed by atoms with Gasteiger partial charge in [-0.15, -0.1) is 0 Å². The molecule has 1 fully saturated rings. The zero-order valence-electron chi connectivity index (χ0n) is 10.7. The van der Waals surface area contributed by atoms with E-state index in [9.17, 15) is 15.0 Å². The van der Waals surface area contributed by atoms with E-state index in [-0.39, 0.29) is 12.2 Å². The Bertz CT molecular complexity index is 470. The SMILES string of the molecule is O=C(O)c1cc(Cl)ccc1NC1(CO)CCCCC1. The van der Waals surface area contributed by atoms with Gasteiger partial charge in [-0.3, -0.25) is 0 Å². The molecule has 0 radical (unpaired) electrons. The molecule has 1 saturated carbocycles. The highest BCUT2D eigenvalue weighted by molar-refractivity contribution is 6.31. The second-order valence-corrected chi connectivity index (χ2v) is 5.56. The van der Waals surface area contributed by atoms with Gasteiger partial charge in [0.1, 0.15) is 0 Å². The van der Waals surface area contributed by atoms with Crippen LogP contribution in [-0.4, -0.2) is 28.3 Å². The number of carboxylic acid groups (broad SMARTS) is 1. The average Bonchev–Trinajstić information content (AvgIpc) is 2.42. The fraction of sp³-hybridized carbons (Fsp3) is 0.500. The number of rotatable bonds is 4. The molecule has 19 heavy (non-hydrogen) atoms. The molecular weight excluding hydrogens is 266 g/mol. The third kappa shape index (κ3) is 3.19. The molecule has 1 aliphatic rings. The van der Waals surface area contributed by atoms with Crippen LogP contribution >= 0.6 is 11.6 Å². The van der Waals surface area contributed by atoms with E-state index in [0.717, 1.165) is 32.1 Å². The molecule has 0 spiro atoms. The van der Waals surface area contributed by atoms with Crippen molar-refractivity contribution in [2.45, 2.75) is 37.6 Å². The molecule has 0 aliphatic heterocycles. The second kappa shape index (κ2) is 5.80. The van der Waals surface area contributed by atoms with Crippen LogP contribution in [0.2, 0.25) is 5.02 Å². The molecule has 0 unspecified atom stereocenters. The minimum absolute atomic E-state index is 0.00862. The molecule has 0 atom stereocenters. The van der Waals surface area contributed by atoms with Gasteiger partial charge in [0.25, 0.3) is 0 Å². The van der Waals surface area contributed by atoms with Gasteiger partial charge in [0.05, 0.1) is 17.7 Å². The Hall–Kier alpha value is -1.26. The summed E-state index contributed by atoms with van der Waals surface area (Å²) in [7, 11) is 0. The minimum Gasteiger partial charge on any atom is -0.478 e. The highest BCUT2D eigenvalue weighted by Crippen LogP contribution is 2.33. The lowest BCUT2D eigenvalue weighted by atomic mass is 9.82. The summed E-state index contributed by atoms with van der Waals surface area (Å²) in [6, 6.07) is 4.75. The van der Waals surface area contributed by atoms with Crippen LogP contribution in [0.5, 0.6) is 0 Å². The molecule has 0 heterocycles. The van der Waals surface area contributed by atoms with Gasteiger partial charge in [0.15, 0.2) is 0 Å².